The Hall–Kier alpha value is -2.11. The van der Waals surface area contributed by atoms with Crippen molar-refractivity contribution in [2.45, 2.75) is 13.8 Å². The molecule has 104 valence electrons. The number of aryl methyl sites for hydroxylation is 2. The van der Waals surface area contributed by atoms with E-state index in [0.29, 0.717) is 0 Å². The fraction of sp³-hybridized carbons (Fsp3) is 0.462. The van der Waals surface area contributed by atoms with E-state index in [1.54, 1.807) is 24.9 Å². The zero-order valence-electron chi connectivity index (χ0n) is 11.9. The van der Waals surface area contributed by atoms with Gasteiger partial charge in [-0.3, -0.25) is 9.48 Å². The van der Waals surface area contributed by atoms with Gasteiger partial charge in [0.1, 0.15) is 0 Å². The first kappa shape index (κ1) is 14.9. The van der Waals surface area contributed by atoms with Gasteiger partial charge in [0.05, 0.1) is 5.69 Å². The van der Waals surface area contributed by atoms with Crippen LogP contribution in [0.1, 0.15) is 17.0 Å². The molecule has 0 unspecified atom stereocenters. The van der Waals surface area contributed by atoms with Crippen LogP contribution in [0.15, 0.2) is 6.08 Å². The molecule has 6 heteroatoms. The van der Waals surface area contributed by atoms with Crippen molar-refractivity contribution in [1.82, 2.24) is 14.7 Å². The predicted molar refractivity (Wildman–Crippen MR) is 71.4 cm³/mol. The molecule has 0 N–H and O–H groups in total. The summed E-state index contributed by atoms with van der Waals surface area (Å²) < 4.78 is 6.58. The number of hydrogen-bond acceptors (Lipinski definition) is 4. The van der Waals surface area contributed by atoms with E-state index < -0.39 is 5.97 Å². The van der Waals surface area contributed by atoms with E-state index in [2.05, 4.69) is 5.10 Å². The minimum Gasteiger partial charge on any atom is -0.452 e. The molecule has 0 aliphatic heterocycles. The van der Waals surface area contributed by atoms with Crippen molar-refractivity contribution in [3.05, 3.63) is 23.0 Å². The molecule has 1 heterocycles. The second-order valence-corrected chi connectivity index (χ2v) is 4.44. The molecule has 0 aromatic carbocycles. The summed E-state index contributed by atoms with van der Waals surface area (Å²) in [6.07, 6.45) is 2.96. The normalized spacial score (nSPS) is 10.8. The lowest BCUT2D eigenvalue weighted by Gasteiger charge is -2.09. The van der Waals surface area contributed by atoms with Gasteiger partial charge >= 0.3 is 5.97 Å². The van der Waals surface area contributed by atoms with Crippen LogP contribution < -0.4 is 0 Å². The molecular weight excluding hydrogens is 246 g/mol. The number of aromatic nitrogens is 2. The van der Waals surface area contributed by atoms with Crippen LogP contribution in [-0.2, 0) is 21.4 Å². The molecule has 19 heavy (non-hydrogen) atoms. The molecule has 0 aliphatic rings. The molecule has 0 bridgehead atoms. The highest BCUT2D eigenvalue weighted by Gasteiger charge is 2.09. The Bertz CT molecular complexity index is 515. The van der Waals surface area contributed by atoms with Gasteiger partial charge in [-0.15, -0.1) is 0 Å². The van der Waals surface area contributed by atoms with Crippen LogP contribution in [0.2, 0.25) is 0 Å². The van der Waals surface area contributed by atoms with Gasteiger partial charge in [0.25, 0.3) is 5.91 Å². The van der Waals surface area contributed by atoms with Crippen molar-refractivity contribution in [2.24, 2.45) is 7.05 Å². The molecule has 0 aliphatic carbocycles. The van der Waals surface area contributed by atoms with Crippen molar-refractivity contribution in [2.75, 3.05) is 20.7 Å². The minimum absolute atomic E-state index is 0.249. The van der Waals surface area contributed by atoms with E-state index in [4.69, 9.17) is 4.74 Å². The van der Waals surface area contributed by atoms with Gasteiger partial charge in [-0.25, -0.2) is 4.79 Å². The Labute approximate surface area is 112 Å². The molecule has 1 rings (SSSR count). The highest BCUT2D eigenvalue weighted by molar-refractivity contribution is 5.89. The highest BCUT2D eigenvalue weighted by atomic mass is 16.5. The summed E-state index contributed by atoms with van der Waals surface area (Å²) in [5, 5.41) is 4.24. The standard InChI is InChI=1S/C13H19N3O3/c1-9-11(10(2)16(5)14-9)6-7-13(18)19-8-12(17)15(3)4/h6-7H,8H2,1-5H3/b7-6+. The van der Waals surface area contributed by atoms with Crippen LogP contribution in [-0.4, -0.2) is 47.3 Å². The molecule has 1 aromatic heterocycles. The molecule has 0 saturated heterocycles. The van der Waals surface area contributed by atoms with E-state index in [1.807, 2.05) is 20.9 Å². The Morgan fingerprint density at radius 2 is 2.00 bits per heavy atom. The quantitative estimate of drug-likeness (QED) is 0.593. The fourth-order valence-electron chi connectivity index (χ4n) is 1.49. The Morgan fingerprint density at radius 1 is 1.37 bits per heavy atom. The number of rotatable bonds is 4. The summed E-state index contributed by atoms with van der Waals surface area (Å²) in [6.45, 7) is 3.54. The number of carbonyl (C=O) groups excluding carboxylic acids is 2. The van der Waals surface area contributed by atoms with Crippen molar-refractivity contribution in [3.8, 4) is 0 Å². The number of amides is 1. The zero-order chi connectivity index (χ0) is 14.6. The lowest BCUT2D eigenvalue weighted by molar-refractivity contribution is -0.146. The van der Waals surface area contributed by atoms with Crippen LogP contribution in [0.4, 0.5) is 0 Å². The Kier molecular flexibility index (Phi) is 4.86. The van der Waals surface area contributed by atoms with E-state index in [-0.39, 0.29) is 12.5 Å². The van der Waals surface area contributed by atoms with Gasteiger partial charge in [0.15, 0.2) is 6.61 Å². The molecule has 0 fully saturated rings. The first-order valence-electron chi connectivity index (χ1n) is 5.88. The molecule has 1 aromatic rings. The fourth-order valence-corrected chi connectivity index (χ4v) is 1.49. The number of carbonyl (C=O) groups is 2. The first-order chi connectivity index (χ1) is 8.82. The SMILES string of the molecule is Cc1nn(C)c(C)c1/C=C/C(=O)OCC(=O)N(C)C. The molecule has 0 radical (unpaired) electrons. The Morgan fingerprint density at radius 3 is 2.47 bits per heavy atom. The van der Waals surface area contributed by atoms with Crippen LogP contribution in [0.3, 0.4) is 0 Å². The van der Waals surface area contributed by atoms with Gasteiger partial charge in [0, 0.05) is 38.5 Å². The number of nitrogens with zero attached hydrogens (tertiary/aromatic N) is 3. The number of hydrogen-bond donors (Lipinski definition) is 0. The van der Waals surface area contributed by atoms with Gasteiger partial charge < -0.3 is 9.64 Å². The van der Waals surface area contributed by atoms with Crippen molar-refractivity contribution >= 4 is 18.0 Å². The molecule has 0 atom stereocenters. The summed E-state index contributed by atoms with van der Waals surface area (Å²) in [7, 11) is 5.05. The molecule has 0 spiro atoms. The average Bonchev–Trinajstić information content (AvgIpc) is 2.58. The smallest absolute Gasteiger partial charge is 0.331 e. The topological polar surface area (TPSA) is 64.4 Å². The maximum atomic E-state index is 11.5. The summed E-state index contributed by atoms with van der Waals surface area (Å²) in [5.41, 5.74) is 2.69. The van der Waals surface area contributed by atoms with Gasteiger partial charge in [-0.05, 0) is 19.9 Å². The van der Waals surface area contributed by atoms with Crippen LogP contribution in [0, 0.1) is 13.8 Å². The number of esters is 1. The van der Waals surface area contributed by atoms with Gasteiger partial charge in [-0.1, -0.05) is 0 Å². The molecular formula is C13H19N3O3. The molecule has 6 nitrogen and oxygen atoms in total. The van der Waals surface area contributed by atoms with E-state index in [1.165, 1.54) is 11.0 Å². The second kappa shape index (κ2) is 6.17. The third-order valence-electron chi connectivity index (χ3n) is 2.79. The maximum absolute atomic E-state index is 11.5. The van der Waals surface area contributed by atoms with Crippen molar-refractivity contribution in [1.29, 1.82) is 0 Å². The summed E-state index contributed by atoms with van der Waals surface area (Å²) in [6, 6.07) is 0. The lowest BCUT2D eigenvalue weighted by Crippen LogP contribution is -2.27. The maximum Gasteiger partial charge on any atom is 0.331 e. The second-order valence-electron chi connectivity index (χ2n) is 4.44. The lowest BCUT2D eigenvalue weighted by atomic mass is 10.2. The summed E-state index contributed by atoms with van der Waals surface area (Å²) >= 11 is 0. The van der Waals surface area contributed by atoms with E-state index >= 15 is 0 Å². The largest absolute Gasteiger partial charge is 0.452 e. The zero-order valence-corrected chi connectivity index (χ0v) is 11.9. The molecule has 0 saturated carbocycles. The van der Waals surface area contributed by atoms with Gasteiger partial charge in [0.2, 0.25) is 0 Å². The predicted octanol–water partition coefficient (Wildman–Crippen LogP) is 0.682. The monoisotopic (exact) mass is 265 g/mol. The van der Waals surface area contributed by atoms with E-state index in [9.17, 15) is 9.59 Å². The third kappa shape index (κ3) is 3.94. The molecule has 1 amide bonds. The van der Waals surface area contributed by atoms with Crippen LogP contribution in [0.25, 0.3) is 6.08 Å². The Balaban J connectivity index is 2.62. The minimum atomic E-state index is -0.544. The first-order valence-corrected chi connectivity index (χ1v) is 5.88. The van der Waals surface area contributed by atoms with Gasteiger partial charge in [-0.2, -0.15) is 5.10 Å². The van der Waals surface area contributed by atoms with Crippen molar-refractivity contribution < 1.29 is 14.3 Å². The third-order valence-corrected chi connectivity index (χ3v) is 2.79. The summed E-state index contributed by atoms with van der Waals surface area (Å²) in [4.78, 5) is 24.1. The van der Waals surface area contributed by atoms with Crippen LogP contribution >= 0.6 is 0 Å². The average molecular weight is 265 g/mol. The number of ether oxygens (including phenoxy) is 1. The number of likely N-dealkylation sites (N-methyl/N-ethyl adjacent to an activating group) is 1. The van der Waals surface area contributed by atoms with Crippen LogP contribution in [0.5, 0.6) is 0 Å². The highest BCUT2D eigenvalue weighted by Crippen LogP contribution is 2.13. The van der Waals surface area contributed by atoms with Crippen molar-refractivity contribution in [3.63, 3.8) is 0 Å². The summed E-state index contributed by atoms with van der Waals surface area (Å²) in [5.74, 6) is -0.798. The van der Waals surface area contributed by atoms with E-state index in [0.717, 1.165) is 17.0 Å².